The molecule has 0 aliphatic heterocycles. The summed E-state index contributed by atoms with van der Waals surface area (Å²) < 4.78 is 0. The Bertz CT molecular complexity index is 314. The third kappa shape index (κ3) is 3.78. The van der Waals surface area contributed by atoms with Gasteiger partial charge in [-0.1, -0.05) is 33.6 Å². The number of rotatable bonds is 8. The van der Waals surface area contributed by atoms with Gasteiger partial charge in [-0.25, -0.2) is 4.98 Å². The van der Waals surface area contributed by atoms with Gasteiger partial charge in [0.05, 0.1) is 5.54 Å². The second-order valence-corrected chi connectivity index (χ2v) is 5.66. The van der Waals surface area contributed by atoms with Crippen LogP contribution in [0, 0.1) is 6.92 Å². The fraction of sp³-hybridized carbons (Fsp3) is 0.786. The fourth-order valence-corrected chi connectivity index (χ4v) is 3.42. The molecule has 0 atom stereocenters. The lowest BCUT2D eigenvalue weighted by atomic mass is 9.89. The monoisotopic (exact) mass is 254 g/mol. The van der Waals surface area contributed by atoms with Gasteiger partial charge in [-0.05, 0) is 32.7 Å². The van der Waals surface area contributed by atoms with Crippen molar-refractivity contribution in [3.63, 3.8) is 0 Å². The van der Waals surface area contributed by atoms with Crippen LogP contribution in [0.5, 0.6) is 0 Å². The van der Waals surface area contributed by atoms with Crippen molar-refractivity contribution >= 4 is 11.3 Å². The maximum atomic E-state index is 4.73. The van der Waals surface area contributed by atoms with Crippen molar-refractivity contribution in [2.24, 2.45) is 0 Å². The maximum Gasteiger partial charge on any atom is 0.113 e. The van der Waals surface area contributed by atoms with Gasteiger partial charge >= 0.3 is 0 Å². The second-order valence-electron chi connectivity index (χ2n) is 4.80. The molecule has 1 aromatic heterocycles. The highest BCUT2D eigenvalue weighted by Gasteiger charge is 2.32. The average molecular weight is 254 g/mol. The van der Waals surface area contributed by atoms with Crippen LogP contribution in [0.1, 0.15) is 63.6 Å². The van der Waals surface area contributed by atoms with Gasteiger partial charge in [0, 0.05) is 11.1 Å². The van der Waals surface area contributed by atoms with Crippen molar-refractivity contribution in [1.29, 1.82) is 0 Å². The summed E-state index contributed by atoms with van der Waals surface area (Å²) in [5.41, 5.74) is 1.28. The van der Waals surface area contributed by atoms with Crippen molar-refractivity contribution < 1.29 is 0 Å². The van der Waals surface area contributed by atoms with Crippen LogP contribution in [-0.2, 0) is 5.54 Å². The van der Waals surface area contributed by atoms with Crippen LogP contribution in [0.25, 0.3) is 0 Å². The molecule has 0 radical (unpaired) electrons. The van der Waals surface area contributed by atoms with Crippen molar-refractivity contribution in [2.75, 3.05) is 6.54 Å². The molecule has 0 amide bonds. The van der Waals surface area contributed by atoms with Crippen molar-refractivity contribution in [2.45, 2.75) is 65.3 Å². The zero-order chi connectivity index (χ0) is 12.7. The summed E-state index contributed by atoms with van der Waals surface area (Å²) in [5.74, 6) is 0. The molecule has 0 spiro atoms. The summed E-state index contributed by atoms with van der Waals surface area (Å²) in [7, 11) is 0. The predicted molar refractivity (Wildman–Crippen MR) is 76.6 cm³/mol. The molecule has 3 heteroatoms. The Hall–Kier alpha value is -0.410. The molecular weight excluding hydrogens is 228 g/mol. The number of nitrogens with zero attached hydrogens (tertiary/aromatic N) is 1. The number of nitrogens with one attached hydrogen (secondary N) is 1. The molecule has 0 unspecified atom stereocenters. The van der Waals surface area contributed by atoms with Gasteiger partial charge < -0.3 is 5.32 Å². The SMILES string of the molecule is CCCNC(CCC)(CCC)c1nc(C)cs1. The molecular formula is C14H26N2S. The number of aryl methyl sites for hydroxylation is 1. The Balaban J connectivity index is 2.95. The molecule has 0 aliphatic carbocycles. The molecule has 0 saturated carbocycles. The Morgan fingerprint density at radius 1 is 1.18 bits per heavy atom. The van der Waals surface area contributed by atoms with E-state index in [9.17, 15) is 0 Å². The number of hydrogen-bond acceptors (Lipinski definition) is 3. The second kappa shape index (κ2) is 7.12. The minimum atomic E-state index is 0.123. The first-order valence-corrected chi connectivity index (χ1v) is 7.74. The van der Waals surface area contributed by atoms with Crippen LogP contribution < -0.4 is 5.32 Å². The molecule has 1 N–H and O–H groups in total. The summed E-state index contributed by atoms with van der Waals surface area (Å²) in [6.07, 6.45) is 5.96. The van der Waals surface area contributed by atoms with Crippen LogP contribution in [-0.4, -0.2) is 11.5 Å². The molecule has 1 aromatic rings. The first kappa shape index (κ1) is 14.7. The van der Waals surface area contributed by atoms with Gasteiger partial charge in [-0.15, -0.1) is 11.3 Å². The maximum absolute atomic E-state index is 4.73. The molecule has 17 heavy (non-hydrogen) atoms. The minimum Gasteiger partial charge on any atom is -0.305 e. The lowest BCUT2D eigenvalue weighted by Crippen LogP contribution is -2.42. The normalized spacial score (nSPS) is 12.0. The van der Waals surface area contributed by atoms with E-state index in [0.29, 0.717) is 0 Å². The molecule has 1 heterocycles. The van der Waals surface area contributed by atoms with Crippen LogP contribution >= 0.6 is 11.3 Å². The molecule has 0 saturated heterocycles. The Kier molecular flexibility index (Phi) is 6.14. The minimum absolute atomic E-state index is 0.123. The van der Waals surface area contributed by atoms with Gasteiger partial charge in [-0.3, -0.25) is 0 Å². The average Bonchev–Trinajstić information content (AvgIpc) is 2.74. The highest BCUT2D eigenvalue weighted by molar-refractivity contribution is 7.09. The molecule has 98 valence electrons. The number of aromatic nitrogens is 1. The summed E-state index contributed by atoms with van der Waals surface area (Å²) in [6, 6.07) is 0. The van der Waals surface area contributed by atoms with Crippen LogP contribution in [0.3, 0.4) is 0 Å². The van der Waals surface area contributed by atoms with E-state index in [-0.39, 0.29) is 5.54 Å². The topological polar surface area (TPSA) is 24.9 Å². The summed E-state index contributed by atoms with van der Waals surface area (Å²) in [4.78, 5) is 4.73. The van der Waals surface area contributed by atoms with E-state index < -0.39 is 0 Å². The Labute approximate surface area is 110 Å². The van der Waals surface area contributed by atoms with E-state index in [0.717, 1.165) is 12.2 Å². The molecule has 0 fully saturated rings. The lowest BCUT2D eigenvalue weighted by molar-refractivity contribution is 0.279. The van der Waals surface area contributed by atoms with Gasteiger partial charge in [0.1, 0.15) is 5.01 Å². The highest BCUT2D eigenvalue weighted by atomic mass is 32.1. The van der Waals surface area contributed by atoms with E-state index >= 15 is 0 Å². The molecule has 0 bridgehead atoms. The summed E-state index contributed by atoms with van der Waals surface area (Å²) in [5, 5.41) is 7.22. The predicted octanol–water partition coefficient (Wildman–Crippen LogP) is 4.25. The third-order valence-corrected chi connectivity index (χ3v) is 4.26. The Morgan fingerprint density at radius 3 is 2.24 bits per heavy atom. The van der Waals surface area contributed by atoms with Crippen molar-refractivity contribution in [1.82, 2.24) is 10.3 Å². The first-order valence-electron chi connectivity index (χ1n) is 6.86. The van der Waals surface area contributed by atoms with E-state index in [1.54, 1.807) is 0 Å². The van der Waals surface area contributed by atoms with E-state index in [1.807, 2.05) is 11.3 Å². The van der Waals surface area contributed by atoms with E-state index in [2.05, 4.69) is 38.4 Å². The zero-order valence-corrected chi connectivity index (χ0v) is 12.5. The van der Waals surface area contributed by atoms with Crippen LogP contribution in [0.15, 0.2) is 5.38 Å². The van der Waals surface area contributed by atoms with E-state index in [1.165, 1.54) is 37.1 Å². The third-order valence-electron chi connectivity index (χ3n) is 3.10. The van der Waals surface area contributed by atoms with Crippen molar-refractivity contribution in [3.8, 4) is 0 Å². The molecule has 2 nitrogen and oxygen atoms in total. The van der Waals surface area contributed by atoms with Gasteiger partial charge in [0.15, 0.2) is 0 Å². The fourth-order valence-electron chi connectivity index (χ4n) is 2.38. The highest BCUT2D eigenvalue weighted by Crippen LogP contribution is 2.33. The number of hydrogen-bond donors (Lipinski definition) is 1. The quantitative estimate of drug-likeness (QED) is 0.750. The van der Waals surface area contributed by atoms with Gasteiger partial charge in [0.2, 0.25) is 0 Å². The molecule has 0 aromatic carbocycles. The molecule has 1 rings (SSSR count). The van der Waals surface area contributed by atoms with Crippen LogP contribution in [0.2, 0.25) is 0 Å². The smallest absolute Gasteiger partial charge is 0.113 e. The lowest BCUT2D eigenvalue weighted by Gasteiger charge is -2.33. The standard InChI is InChI=1S/C14H26N2S/c1-5-8-14(9-6-2,15-10-7-3)13-16-12(4)11-17-13/h11,15H,5-10H2,1-4H3. The Morgan fingerprint density at radius 2 is 1.82 bits per heavy atom. The van der Waals surface area contributed by atoms with E-state index in [4.69, 9.17) is 4.98 Å². The van der Waals surface area contributed by atoms with Gasteiger partial charge in [-0.2, -0.15) is 0 Å². The van der Waals surface area contributed by atoms with Gasteiger partial charge in [0.25, 0.3) is 0 Å². The summed E-state index contributed by atoms with van der Waals surface area (Å²) in [6.45, 7) is 9.92. The summed E-state index contributed by atoms with van der Waals surface area (Å²) >= 11 is 1.81. The zero-order valence-electron chi connectivity index (χ0n) is 11.7. The largest absolute Gasteiger partial charge is 0.305 e. The van der Waals surface area contributed by atoms with Crippen LogP contribution in [0.4, 0.5) is 0 Å². The van der Waals surface area contributed by atoms with Crippen molar-refractivity contribution in [3.05, 3.63) is 16.1 Å². The molecule has 0 aliphatic rings. The first-order chi connectivity index (χ1) is 8.18. The number of thiazole rings is 1.